The minimum atomic E-state index is 0.422. The van der Waals surface area contributed by atoms with Gasteiger partial charge in [-0.25, -0.2) is 0 Å². The maximum absolute atomic E-state index is 5.84. The first-order valence-corrected chi connectivity index (χ1v) is 6.60. The molecule has 0 aromatic carbocycles. The van der Waals surface area contributed by atoms with Crippen molar-refractivity contribution in [2.75, 3.05) is 13.7 Å². The molecule has 0 bridgehead atoms. The van der Waals surface area contributed by atoms with E-state index < -0.39 is 0 Å². The number of hydrogen-bond donors (Lipinski definition) is 1. The fourth-order valence-electron chi connectivity index (χ4n) is 2.44. The molecule has 1 rings (SSSR count). The predicted molar refractivity (Wildman–Crippen MR) is 65.1 cm³/mol. The predicted octanol–water partition coefficient (Wildman–Crippen LogP) is 2.97. The van der Waals surface area contributed by atoms with E-state index in [4.69, 9.17) is 4.74 Å². The molecule has 2 atom stereocenters. The quantitative estimate of drug-likeness (QED) is 0.669. The fourth-order valence-corrected chi connectivity index (χ4v) is 2.44. The van der Waals surface area contributed by atoms with Crippen molar-refractivity contribution >= 4 is 0 Å². The molecule has 0 aromatic rings. The summed E-state index contributed by atoms with van der Waals surface area (Å²) in [7, 11) is 2.07. The molecular weight excluding hydrogens is 186 g/mol. The van der Waals surface area contributed by atoms with Crippen molar-refractivity contribution in [3.05, 3.63) is 0 Å². The van der Waals surface area contributed by atoms with Crippen molar-refractivity contribution in [3.63, 3.8) is 0 Å². The van der Waals surface area contributed by atoms with Crippen LogP contribution in [0.4, 0.5) is 0 Å². The average Bonchev–Trinajstić information content (AvgIpc) is 2.17. The topological polar surface area (TPSA) is 21.3 Å². The molecule has 0 amide bonds. The number of nitrogens with one attached hydrogen (secondary N) is 1. The van der Waals surface area contributed by atoms with E-state index in [0.717, 1.165) is 12.5 Å². The van der Waals surface area contributed by atoms with Crippen molar-refractivity contribution in [2.45, 2.75) is 64.5 Å². The minimum Gasteiger partial charge on any atom is -0.377 e. The van der Waals surface area contributed by atoms with E-state index in [-0.39, 0.29) is 0 Å². The summed E-state index contributed by atoms with van der Waals surface area (Å²) in [5.74, 6) is 0.960. The van der Waals surface area contributed by atoms with Gasteiger partial charge < -0.3 is 10.1 Å². The van der Waals surface area contributed by atoms with Crippen LogP contribution in [-0.4, -0.2) is 25.8 Å². The number of rotatable bonds is 8. The molecule has 2 heteroatoms. The Morgan fingerprint density at radius 1 is 1.33 bits per heavy atom. The summed E-state index contributed by atoms with van der Waals surface area (Å²) in [5.41, 5.74) is 0. The van der Waals surface area contributed by atoms with Gasteiger partial charge in [0.1, 0.15) is 0 Å². The van der Waals surface area contributed by atoms with E-state index in [0.29, 0.717) is 12.1 Å². The molecule has 1 fully saturated rings. The van der Waals surface area contributed by atoms with Crippen molar-refractivity contribution < 1.29 is 4.74 Å². The number of hydrogen-bond acceptors (Lipinski definition) is 2. The maximum atomic E-state index is 5.84. The Morgan fingerprint density at radius 2 is 2.07 bits per heavy atom. The lowest BCUT2D eigenvalue weighted by Crippen LogP contribution is -2.41. The molecule has 2 nitrogen and oxygen atoms in total. The first-order valence-electron chi connectivity index (χ1n) is 6.60. The third kappa shape index (κ3) is 4.12. The summed E-state index contributed by atoms with van der Waals surface area (Å²) in [6.07, 6.45) is 8.44. The van der Waals surface area contributed by atoms with Crippen LogP contribution < -0.4 is 5.32 Å². The highest BCUT2D eigenvalue weighted by Crippen LogP contribution is 2.31. The second-order valence-corrected chi connectivity index (χ2v) is 4.71. The highest BCUT2D eigenvalue weighted by molar-refractivity contribution is 4.82. The lowest BCUT2D eigenvalue weighted by atomic mass is 9.79. The van der Waals surface area contributed by atoms with E-state index in [9.17, 15) is 0 Å². The van der Waals surface area contributed by atoms with Gasteiger partial charge in [0, 0.05) is 12.6 Å². The molecule has 2 unspecified atom stereocenters. The lowest BCUT2D eigenvalue weighted by Gasteiger charge is -2.33. The van der Waals surface area contributed by atoms with Crippen molar-refractivity contribution in [3.8, 4) is 0 Å². The molecule has 1 saturated carbocycles. The molecule has 0 aromatic heterocycles. The Hall–Kier alpha value is -0.0800. The number of likely N-dealkylation sites (N-methyl/N-ethyl adjacent to an activating group) is 1. The second kappa shape index (κ2) is 7.24. The monoisotopic (exact) mass is 213 g/mol. The van der Waals surface area contributed by atoms with Crippen molar-refractivity contribution in [1.82, 2.24) is 5.32 Å². The van der Waals surface area contributed by atoms with Gasteiger partial charge in [-0.1, -0.05) is 32.6 Å². The van der Waals surface area contributed by atoms with Crippen LogP contribution in [0.3, 0.4) is 0 Å². The van der Waals surface area contributed by atoms with Crippen LogP contribution >= 0.6 is 0 Å². The lowest BCUT2D eigenvalue weighted by molar-refractivity contribution is 0.0198. The van der Waals surface area contributed by atoms with Crippen LogP contribution in [0.2, 0.25) is 0 Å². The van der Waals surface area contributed by atoms with Gasteiger partial charge in [0.2, 0.25) is 0 Å². The zero-order chi connectivity index (χ0) is 11.1. The Balaban J connectivity index is 2.35. The summed E-state index contributed by atoms with van der Waals surface area (Å²) in [6.45, 7) is 5.17. The Bertz CT molecular complexity index is 151. The molecule has 0 aliphatic heterocycles. The van der Waals surface area contributed by atoms with E-state index in [1.165, 1.54) is 38.5 Å². The van der Waals surface area contributed by atoms with Gasteiger partial charge in [-0.2, -0.15) is 0 Å². The second-order valence-electron chi connectivity index (χ2n) is 4.71. The van der Waals surface area contributed by atoms with Crippen LogP contribution in [0, 0.1) is 5.92 Å². The highest BCUT2D eigenvalue weighted by atomic mass is 16.5. The highest BCUT2D eigenvalue weighted by Gasteiger charge is 2.26. The molecule has 0 radical (unpaired) electrons. The molecule has 90 valence electrons. The third-order valence-electron chi connectivity index (χ3n) is 3.59. The van der Waals surface area contributed by atoms with Crippen molar-refractivity contribution in [2.24, 2.45) is 5.92 Å². The first-order chi connectivity index (χ1) is 7.31. The number of ether oxygens (including phenoxy) is 1. The summed E-state index contributed by atoms with van der Waals surface area (Å²) < 4.78 is 5.84. The summed E-state index contributed by atoms with van der Waals surface area (Å²) in [4.78, 5) is 0. The zero-order valence-electron chi connectivity index (χ0n) is 10.6. The van der Waals surface area contributed by atoms with E-state index in [1.54, 1.807) is 0 Å². The maximum Gasteiger partial charge on any atom is 0.0727 e. The Kier molecular flexibility index (Phi) is 6.26. The molecule has 0 spiro atoms. The fraction of sp³-hybridized carbons (Fsp3) is 1.00. The molecule has 0 saturated heterocycles. The molecule has 1 N–H and O–H groups in total. The van der Waals surface area contributed by atoms with Gasteiger partial charge in [0.25, 0.3) is 0 Å². The van der Waals surface area contributed by atoms with Crippen LogP contribution in [-0.2, 0) is 4.74 Å². The molecule has 1 aliphatic rings. The normalized spacial score (nSPS) is 21.0. The van der Waals surface area contributed by atoms with Crippen LogP contribution in [0.1, 0.15) is 52.4 Å². The van der Waals surface area contributed by atoms with Gasteiger partial charge in [0.05, 0.1) is 6.10 Å². The van der Waals surface area contributed by atoms with Crippen LogP contribution in [0.25, 0.3) is 0 Å². The van der Waals surface area contributed by atoms with Gasteiger partial charge >= 0.3 is 0 Å². The van der Waals surface area contributed by atoms with Crippen LogP contribution in [0.15, 0.2) is 0 Å². The standard InChI is InChI=1S/C13H27NO/c1-4-7-13(15-5-2)12(14-3)10-11-8-6-9-11/h11-14H,4-10H2,1-3H3. The first kappa shape index (κ1) is 13.0. The van der Waals surface area contributed by atoms with Gasteiger partial charge in [0.15, 0.2) is 0 Å². The summed E-state index contributed by atoms with van der Waals surface area (Å²) >= 11 is 0. The molecular formula is C13H27NO. The van der Waals surface area contributed by atoms with E-state index >= 15 is 0 Å². The summed E-state index contributed by atoms with van der Waals surface area (Å²) in [6, 6.07) is 0.565. The van der Waals surface area contributed by atoms with Gasteiger partial charge in [-0.05, 0) is 32.7 Å². The van der Waals surface area contributed by atoms with Crippen LogP contribution in [0.5, 0.6) is 0 Å². The SMILES string of the molecule is CCCC(OCC)C(CC1CCC1)NC. The van der Waals surface area contributed by atoms with E-state index in [2.05, 4.69) is 26.2 Å². The van der Waals surface area contributed by atoms with Gasteiger partial charge in [-0.3, -0.25) is 0 Å². The average molecular weight is 213 g/mol. The zero-order valence-corrected chi connectivity index (χ0v) is 10.6. The van der Waals surface area contributed by atoms with E-state index in [1.807, 2.05) is 0 Å². The van der Waals surface area contributed by atoms with Crippen molar-refractivity contribution in [1.29, 1.82) is 0 Å². The molecule has 1 aliphatic carbocycles. The molecule has 0 heterocycles. The summed E-state index contributed by atoms with van der Waals surface area (Å²) in [5, 5.41) is 3.45. The Morgan fingerprint density at radius 3 is 2.47 bits per heavy atom. The van der Waals surface area contributed by atoms with Gasteiger partial charge in [-0.15, -0.1) is 0 Å². The molecule has 15 heavy (non-hydrogen) atoms. The minimum absolute atomic E-state index is 0.422. The third-order valence-corrected chi connectivity index (χ3v) is 3.59. The Labute approximate surface area is 94.8 Å². The smallest absolute Gasteiger partial charge is 0.0727 e. The largest absolute Gasteiger partial charge is 0.377 e.